The molecule has 1 heterocycles. The fourth-order valence-corrected chi connectivity index (χ4v) is 2.08. The van der Waals surface area contributed by atoms with E-state index >= 15 is 0 Å². The van der Waals surface area contributed by atoms with Gasteiger partial charge in [-0.3, -0.25) is 9.78 Å². The van der Waals surface area contributed by atoms with E-state index in [1.165, 1.54) is 12.3 Å². The highest BCUT2D eigenvalue weighted by molar-refractivity contribution is 5.94. The number of aliphatic hydroxyl groups is 1. The van der Waals surface area contributed by atoms with Gasteiger partial charge in [-0.25, -0.2) is 4.39 Å². The topological polar surface area (TPSA) is 53.4 Å². The van der Waals surface area contributed by atoms with Crippen molar-refractivity contribution in [3.8, 4) is 0 Å². The van der Waals surface area contributed by atoms with E-state index in [0.717, 1.165) is 25.5 Å². The molecule has 0 spiro atoms. The van der Waals surface area contributed by atoms with Gasteiger partial charge in [-0.15, -0.1) is 0 Å². The van der Waals surface area contributed by atoms with Gasteiger partial charge in [-0.2, -0.15) is 0 Å². The van der Waals surface area contributed by atoms with Crippen LogP contribution in [0.25, 0.3) is 0 Å². The van der Waals surface area contributed by atoms with Gasteiger partial charge in [0.05, 0.1) is 11.8 Å². The number of aromatic nitrogens is 1. The van der Waals surface area contributed by atoms with E-state index in [0.29, 0.717) is 13.0 Å². The highest BCUT2D eigenvalue weighted by Crippen LogP contribution is 2.26. The lowest BCUT2D eigenvalue weighted by atomic mass is 9.91. The van der Waals surface area contributed by atoms with Crippen molar-refractivity contribution in [2.75, 3.05) is 13.2 Å². The zero-order valence-electron chi connectivity index (χ0n) is 10.2. The van der Waals surface area contributed by atoms with Crippen molar-refractivity contribution >= 4 is 5.91 Å². The van der Waals surface area contributed by atoms with Crippen LogP contribution >= 0.6 is 0 Å². The summed E-state index contributed by atoms with van der Waals surface area (Å²) < 4.78 is 13.1. The van der Waals surface area contributed by atoms with E-state index < -0.39 is 5.82 Å². The maximum absolute atomic E-state index is 13.1. The molecule has 1 saturated carbocycles. The minimum absolute atomic E-state index is 0.0535. The second kappa shape index (κ2) is 5.91. The van der Waals surface area contributed by atoms with Gasteiger partial charge >= 0.3 is 0 Å². The van der Waals surface area contributed by atoms with Crippen molar-refractivity contribution in [3.05, 3.63) is 29.8 Å². The van der Waals surface area contributed by atoms with Crippen molar-refractivity contribution in [2.45, 2.75) is 31.7 Å². The van der Waals surface area contributed by atoms with E-state index in [4.69, 9.17) is 5.11 Å². The van der Waals surface area contributed by atoms with Gasteiger partial charge in [0.2, 0.25) is 0 Å². The first-order valence-electron chi connectivity index (χ1n) is 6.24. The summed E-state index contributed by atoms with van der Waals surface area (Å²) in [5.41, 5.74) is 0.278. The Kier molecular flexibility index (Phi) is 4.25. The van der Waals surface area contributed by atoms with Gasteiger partial charge in [0.1, 0.15) is 5.82 Å². The molecule has 0 bridgehead atoms. The summed E-state index contributed by atoms with van der Waals surface area (Å²) in [6, 6.07) is 1.44. The highest BCUT2D eigenvalue weighted by atomic mass is 19.1. The molecule has 0 unspecified atom stereocenters. The monoisotopic (exact) mass is 252 g/mol. The summed E-state index contributed by atoms with van der Waals surface area (Å²) in [6.45, 7) is 0.564. The molecule has 98 valence electrons. The number of hydrogen-bond donors (Lipinski definition) is 1. The van der Waals surface area contributed by atoms with Crippen LogP contribution in [-0.2, 0) is 0 Å². The van der Waals surface area contributed by atoms with Crippen LogP contribution in [-0.4, -0.2) is 40.1 Å². The Bertz CT molecular complexity index is 421. The number of carbonyl (C=O) groups excluding carboxylic acids is 1. The first-order chi connectivity index (χ1) is 8.72. The molecule has 1 aliphatic carbocycles. The number of nitrogens with zero attached hydrogens (tertiary/aromatic N) is 2. The molecule has 1 aromatic rings. The third-order valence-corrected chi connectivity index (χ3v) is 3.29. The molecule has 1 N–H and O–H groups in total. The first kappa shape index (κ1) is 13.0. The van der Waals surface area contributed by atoms with E-state index in [1.807, 2.05) is 0 Å². The van der Waals surface area contributed by atoms with Gasteiger partial charge in [-0.05, 0) is 31.7 Å². The van der Waals surface area contributed by atoms with Crippen molar-refractivity contribution < 1.29 is 14.3 Å². The Morgan fingerprint density at radius 1 is 1.50 bits per heavy atom. The SMILES string of the molecule is O=C(c1cncc(F)c1)N(CCCO)C1CCC1. The largest absolute Gasteiger partial charge is 0.396 e. The van der Waals surface area contributed by atoms with Crippen molar-refractivity contribution in [2.24, 2.45) is 0 Å². The lowest BCUT2D eigenvalue weighted by molar-refractivity contribution is 0.0561. The lowest BCUT2D eigenvalue weighted by Crippen LogP contribution is -2.45. The number of pyridine rings is 1. The fraction of sp³-hybridized carbons (Fsp3) is 0.538. The predicted molar refractivity (Wildman–Crippen MR) is 64.6 cm³/mol. The summed E-state index contributed by atoms with van der Waals surface area (Å²) >= 11 is 0. The van der Waals surface area contributed by atoms with Crippen LogP contribution in [0.1, 0.15) is 36.0 Å². The van der Waals surface area contributed by atoms with Crippen LogP contribution in [0.15, 0.2) is 18.5 Å². The van der Waals surface area contributed by atoms with Crippen LogP contribution in [0.5, 0.6) is 0 Å². The zero-order valence-corrected chi connectivity index (χ0v) is 10.2. The molecule has 5 heteroatoms. The minimum Gasteiger partial charge on any atom is -0.396 e. The number of rotatable bonds is 5. The van der Waals surface area contributed by atoms with Gasteiger partial charge in [0.15, 0.2) is 0 Å². The molecule has 0 saturated heterocycles. The molecule has 18 heavy (non-hydrogen) atoms. The Morgan fingerprint density at radius 3 is 2.83 bits per heavy atom. The number of halogens is 1. The summed E-state index contributed by atoms with van der Waals surface area (Å²) in [7, 11) is 0. The maximum atomic E-state index is 13.1. The van der Waals surface area contributed by atoms with Gasteiger partial charge in [0, 0.05) is 25.4 Å². The number of hydrogen-bond acceptors (Lipinski definition) is 3. The number of amides is 1. The second-order valence-corrected chi connectivity index (χ2v) is 4.55. The van der Waals surface area contributed by atoms with E-state index in [1.54, 1.807) is 4.90 Å². The normalized spacial score (nSPS) is 15.2. The number of carbonyl (C=O) groups is 1. The number of aliphatic hydroxyl groups excluding tert-OH is 1. The van der Waals surface area contributed by atoms with Crippen molar-refractivity contribution in [1.82, 2.24) is 9.88 Å². The van der Waals surface area contributed by atoms with E-state index in [-0.39, 0.29) is 24.1 Å². The second-order valence-electron chi connectivity index (χ2n) is 4.55. The average molecular weight is 252 g/mol. The van der Waals surface area contributed by atoms with Crippen LogP contribution in [0, 0.1) is 5.82 Å². The standard InChI is InChI=1S/C13H17FN2O2/c14-11-7-10(8-15-9-11)13(18)16(5-2-6-17)12-3-1-4-12/h7-9,12,17H,1-6H2. The molecule has 0 radical (unpaired) electrons. The maximum Gasteiger partial charge on any atom is 0.255 e. The highest BCUT2D eigenvalue weighted by Gasteiger charge is 2.29. The molecule has 0 aliphatic heterocycles. The molecule has 1 amide bonds. The van der Waals surface area contributed by atoms with E-state index in [2.05, 4.69) is 4.98 Å². The fourth-order valence-electron chi connectivity index (χ4n) is 2.08. The molecule has 2 rings (SSSR count). The predicted octanol–water partition coefficient (Wildman–Crippen LogP) is 1.60. The Balaban J connectivity index is 2.11. The molecular formula is C13H17FN2O2. The van der Waals surface area contributed by atoms with E-state index in [9.17, 15) is 9.18 Å². The van der Waals surface area contributed by atoms with Gasteiger partial charge < -0.3 is 10.0 Å². The third-order valence-electron chi connectivity index (χ3n) is 3.29. The van der Waals surface area contributed by atoms with Crippen LogP contribution < -0.4 is 0 Å². The third kappa shape index (κ3) is 2.85. The molecule has 0 atom stereocenters. The van der Waals surface area contributed by atoms with Crippen LogP contribution in [0.4, 0.5) is 4.39 Å². The summed E-state index contributed by atoms with van der Waals surface area (Å²) in [6.07, 6.45) is 6.11. The first-order valence-corrected chi connectivity index (χ1v) is 6.24. The van der Waals surface area contributed by atoms with Gasteiger partial charge in [0.25, 0.3) is 5.91 Å². The molecule has 1 fully saturated rings. The molecule has 0 aromatic carbocycles. The minimum atomic E-state index is -0.503. The summed E-state index contributed by atoms with van der Waals surface area (Å²) in [5.74, 6) is -0.697. The molecule has 4 nitrogen and oxygen atoms in total. The summed E-state index contributed by atoms with van der Waals surface area (Å²) in [5, 5.41) is 8.87. The Morgan fingerprint density at radius 2 is 2.28 bits per heavy atom. The molecule has 1 aromatic heterocycles. The van der Waals surface area contributed by atoms with Gasteiger partial charge in [-0.1, -0.05) is 0 Å². The Labute approximate surface area is 105 Å². The average Bonchev–Trinajstić information content (AvgIpc) is 2.31. The Hall–Kier alpha value is -1.49. The van der Waals surface area contributed by atoms with Crippen molar-refractivity contribution in [3.63, 3.8) is 0 Å². The molecule has 1 aliphatic rings. The summed E-state index contributed by atoms with van der Waals surface area (Å²) in [4.78, 5) is 17.7. The quantitative estimate of drug-likeness (QED) is 0.866. The smallest absolute Gasteiger partial charge is 0.255 e. The van der Waals surface area contributed by atoms with Crippen LogP contribution in [0.2, 0.25) is 0 Å². The lowest BCUT2D eigenvalue weighted by Gasteiger charge is -2.37. The van der Waals surface area contributed by atoms with Crippen LogP contribution in [0.3, 0.4) is 0 Å². The molecular weight excluding hydrogens is 235 g/mol. The zero-order chi connectivity index (χ0) is 13.0. The van der Waals surface area contributed by atoms with Crippen molar-refractivity contribution in [1.29, 1.82) is 0 Å².